The number of carboxylic acids is 1. The van der Waals surface area contributed by atoms with Crippen molar-refractivity contribution in [2.24, 2.45) is 0 Å². The molecular weight excluding hydrogens is 212 g/mol. The Bertz CT molecular complexity index is 383. The van der Waals surface area contributed by atoms with Crippen LogP contribution in [0.2, 0.25) is 5.02 Å². The zero-order valence-corrected chi connectivity index (χ0v) is 9.13. The molecule has 0 aliphatic heterocycles. The van der Waals surface area contributed by atoms with Gasteiger partial charge in [0.1, 0.15) is 0 Å². The van der Waals surface area contributed by atoms with Gasteiger partial charge >= 0.3 is 5.97 Å². The van der Waals surface area contributed by atoms with Gasteiger partial charge in [0.15, 0.2) is 0 Å². The third-order valence-electron chi connectivity index (χ3n) is 2.71. The molecule has 0 heterocycles. The van der Waals surface area contributed by atoms with Crippen molar-refractivity contribution >= 4 is 17.6 Å². The van der Waals surface area contributed by atoms with Crippen molar-refractivity contribution in [1.29, 1.82) is 0 Å². The van der Waals surface area contributed by atoms with Crippen LogP contribution in [0.15, 0.2) is 18.2 Å². The molecule has 0 aromatic heterocycles. The van der Waals surface area contributed by atoms with Gasteiger partial charge in [0.05, 0.1) is 0 Å². The molecule has 1 aliphatic rings. The number of aryl methyl sites for hydroxylation is 1. The van der Waals surface area contributed by atoms with E-state index in [2.05, 4.69) is 0 Å². The second kappa shape index (κ2) is 4.23. The maximum Gasteiger partial charge on any atom is 0.303 e. The first kappa shape index (κ1) is 10.5. The van der Waals surface area contributed by atoms with E-state index in [4.69, 9.17) is 16.7 Å². The van der Waals surface area contributed by atoms with E-state index >= 15 is 0 Å². The largest absolute Gasteiger partial charge is 0.481 e. The topological polar surface area (TPSA) is 37.3 Å². The second-order valence-electron chi connectivity index (χ2n) is 4.02. The first-order chi connectivity index (χ1) is 7.16. The predicted octanol–water partition coefficient (Wildman–Crippen LogP) is 3.23. The Labute approximate surface area is 93.9 Å². The Kier molecular flexibility index (Phi) is 2.96. The molecule has 0 bridgehead atoms. The van der Waals surface area contributed by atoms with Crippen molar-refractivity contribution in [2.75, 3.05) is 0 Å². The van der Waals surface area contributed by atoms with Gasteiger partial charge in [0.25, 0.3) is 0 Å². The molecule has 2 rings (SSSR count). The summed E-state index contributed by atoms with van der Waals surface area (Å²) >= 11 is 6.13. The fourth-order valence-electron chi connectivity index (χ4n) is 1.70. The van der Waals surface area contributed by atoms with E-state index in [1.165, 1.54) is 18.4 Å². The summed E-state index contributed by atoms with van der Waals surface area (Å²) in [5.74, 6) is -0.122. The average molecular weight is 225 g/mol. The van der Waals surface area contributed by atoms with Crippen LogP contribution in [0.5, 0.6) is 0 Å². The molecule has 1 aromatic carbocycles. The minimum Gasteiger partial charge on any atom is -0.481 e. The second-order valence-corrected chi connectivity index (χ2v) is 4.43. The molecule has 0 atom stereocenters. The van der Waals surface area contributed by atoms with Crippen LogP contribution in [0.25, 0.3) is 0 Å². The van der Waals surface area contributed by atoms with Gasteiger partial charge in [-0.05, 0) is 42.4 Å². The number of carbonyl (C=O) groups is 1. The quantitative estimate of drug-likeness (QED) is 0.853. The van der Waals surface area contributed by atoms with Gasteiger partial charge in [0.2, 0.25) is 0 Å². The monoisotopic (exact) mass is 224 g/mol. The summed E-state index contributed by atoms with van der Waals surface area (Å²) in [4.78, 5) is 10.4. The van der Waals surface area contributed by atoms with E-state index < -0.39 is 5.97 Å². The highest BCUT2D eigenvalue weighted by atomic mass is 35.5. The van der Waals surface area contributed by atoms with Crippen LogP contribution in [0, 0.1) is 0 Å². The van der Waals surface area contributed by atoms with Gasteiger partial charge in [-0.3, -0.25) is 4.79 Å². The number of hydrogen-bond donors (Lipinski definition) is 1. The number of hydrogen-bond acceptors (Lipinski definition) is 1. The van der Waals surface area contributed by atoms with Crippen LogP contribution in [0.1, 0.15) is 36.3 Å². The van der Waals surface area contributed by atoms with Crippen molar-refractivity contribution in [3.63, 3.8) is 0 Å². The highest BCUT2D eigenvalue weighted by Crippen LogP contribution is 2.43. The third kappa shape index (κ3) is 2.72. The summed E-state index contributed by atoms with van der Waals surface area (Å²) in [5, 5.41) is 9.36. The van der Waals surface area contributed by atoms with E-state index in [1.54, 1.807) is 0 Å². The molecule has 0 amide bonds. The Morgan fingerprint density at radius 3 is 2.73 bits per heavy atom. The zero-order valence-electron chi connectivity index (χ0n) is 8.37. The Morgan fingerprint density at radius 2 is 2.20 bits per heavy atom. The Morgan fingerprint density at radius 1 is 1.47 bits per heavy atom. The molecule has 1 aliphatic carbocycles. The van der Waals surface area contributed by atoms with Crippen molar-refractivity contribution in [1.82, 2.24) is 0 Å². The molecule has 80 valence electrons. The lowest BCUT2D eigenvalue weighted by Gasteiger charge is -2.05. The van der Waals surface area contributed by atoms with Crippen molar-refractivity contribution < 1.29 is 9.90 Å². The van der Waals surface area contributed by atoms with Gasteiger partial charge in [0, 0.05) is 11.4 Å². The summed E-state index contributed by atoms with van der Waals surface area (Å²) in [5.41, 5.74) is 2.22. The number of aliphatic carboxylic acids is 1. The zero-order chi connectivity index (χ0) is 10.8. The van der Waals surface area contributed by atoms with Crippen LogP contribution in [0.4, 0.5) is 0 Å². The summed E-state index contributed by atoms with van der Waals surface area (Å²) < 4.78 is 0. The first-order valence-corrected chi connectivity index (χ1v) is 5.54. The number of rotatable bonds is 4. The maximum absolute atomic E-state index is 10.4. The van der Waals surface area contributed by atoms with Crippen LogP contribution in [-0.4, -0.2) is 11.1 Å². The minimum atomic E-state index is -0.766. The summed E-state index contributed by atoms with van der Waals surface area (Å²) in [6, 6.07) is 5.93. The van der Waals surface area contributed by atoms with Crippen LogP contribution in [0.3, 0.4) is 0 Å². The molecule has 3 heteroatoms. The van der Waals surface area contributed by atoms with Gasteiger partial charge in [-0.15, -0.1) is 0 Å². The molecule has 1 aromatic rings. The van der Waals surface area contributed by atoms with E-state index in [0.29, 0.717) is 12.3 Å². The number of carboxylic acid groups (broad SMARTS) is 1. The number of benzene rings is 1. The predicted molar refractivity (Wildman–Crippen MR) is 59.4 cm³/mol. The fraction of sp³-hybridized carbons (Fsp3) is 0.417. The molecule has 2 nitrogen and oxygen atoms in total. The molecule has 0 spiro atoms. The van der Waals surface area contributed by atoms with Crippen LogP contribution < -0.4 is 0 Å². The van der Waals surface area contributed by atoms with Gasteiger partial charge in [-0.1, -0.05) is 23.7 Å². The van der Waals surface area contributed by atoms with E-state index in [-0.39, 0.29) is 6.42 Å². The third-order valence-corrected chi connectivity index (χ3v) is 3.04. The highest BCUT2D eigenvalue weighted by molar-refractivity contribution is 6.31. The summed E-state index contributed by atoms with van der Waals surface area (Å²) in [6.45, 7) is 0. The van der Waals surface area contributed by atoms with Crippen LogP contribution in [-0.2, 0) is 11.2 Å². The molecule has 0 saturated heterocycles. The average Bonchev–Trinajstić information content (AvgIpc) is 2.98. The Balaban J connectivity index is 2.07. The lowest BCUT2D eigenvalue weighted by Crippen LogP contribution is -1.97. The van der Waals surface area contributed by atoms with E-state index in [0.717, 1.165) is 10.6 Å². The number of halogens is 1. The van der Waals surface area contributed by atoms with Gasteiger partial charge in [-0.25, -0.2) is 0 Å². The molecular formula is C12H13ClO2. The maximum atomic E-state index is 10.4. The summed E-state index contributed by atoms with van der Waals surface area (Å²) in [6.07, 6.45) is 3.18. The normalized spacial score (nSPS) is 15.3. The first-order valence-electron chi connectivity index (χ1n) is 5.17. The SMILES string of the molecule is O=C(O)CCc1ccc(C2CC2)c(Cl)c1. The van der Waals surface area contributed by atoms with Crippen molar-refractivity contribution in [3.8, 4) is 0 Å². The van der Waals surface area contributed by atoms with Crippen molar-refractivity contribution in [2.45, 2.75) is 31.6 Å². The standard InChI is InChI=1S/C12H13ClO2/c13-11-7-8(2-6-12(14)15)1-5-10(11)9-3-4-9/h1,5,7,9H,2-4,6H2,(H,14,15). The molecule has 1 N–H and O–H groups in total. The van der Waals surface area contributed by atoms with E-state index in [9.17, 15) is 4.79 Å². The molecule has 15 heavy (non-hydrogen) atoms. The smallest absolute Gasteiger partial charge is 0.303 e. The lowest BCUT2D eigenvalue weighted by atomic mass is 10.0. The minimum absolute atomic E-state index is 0.166. The molecule has 0 unspecified atom stereocenters. The molecule has 0 radical (unpaired) electrons. The molecule has 1 saturated carbocycles. The summed E-state index contributed by atoms with van der Waals surface area (Å²) in [7, 11) is 0. The van der Waals surface area contributed by atoms with Gasteiger partial charge < -0.3 is 5.11 Å². The highest BCUT2D eigenvalue weighted by Gasteiger charge is 2.25. The van der Waals surface area contributed by atoms with E-state index in [1.807, 2.05) is 18.2 Å². The molecule has 1 fully saturated rings. The fourth-order valence-corrected chi connectivity index (χ4v) is 2.06. The van der Waals surface area contributed by atoms with Crippen LogP contribution >= 0.6 is 11.6 Å². The van der Waals surface area contributed by atoms with Crippen molar-refractivity contribution in [3.05, 3.63) is 34.3 Å². The van der Waals surface area contributed by atoms with Gasteiger partial charge in [-0.2, -0.15) is 0 Å². The Hall–Kier alpha value is -1.02. The lowest BCUT2D eigenvalue weighted by molar-refractivity contribution is -0.136.